The monoisotopic (exact) mass is 583 g/mol. The van der Waals surface area contributed by atoms with Crippen molar-refractivity contribution >= 4 is 34.8 Å². The van der Waals surface area contributed by atoms with Gasteiger partial charge in [-0.05, 0) is 56.0 Å². The summed E-state index contributed by atoms with van der Waals surface area (Å²) in [4.78, 5) is 27.5. The van der Waals surface area contributed by atoms with Gasteiger partial charge in [0.05, 0.1) is 16.3 Å². The Balaban J connectivity index is 0.00000411. The van der Waals surface area contributed by atoms with Crippen LogP contribution in [0.2, 0.25) is 5.02 Å². The zero-order valence-electron chi connectivity index (χ0n) is 26.6. The molecule has 0 saturated heterocycles. The minimum Gasteiger partial charge on any atom is -0.390 e. The molecule has 226 valence electrons. The van der Waals surface area contributed by atoms with Gasteiger partial charge in [0.25, 0.3) is 11.8 Å². The van der Waals surface area contributed by atoms with Crippen LogP contribution in [0, 0.1) is 5.41 Å². The first-order chi connectivity index (χ1) is 19.2. The maximum atomic E-state index is 13.3. The van der Waals surface area contributed by atoms with Crippen LogP contribution >= 0.6 is 11.6 Å². The number of likely N-dealkylation sites (N-methyl/N-ethyl adjacent to an activating group) is 1. The van der Waals surface area contributed by atoms with Gasteiger partial charge in [0, 0.05) is 37.3 Å². The van der Waals surface area contributed by atoms with E-state index in [-0.39, 0.29) is 11.5 Å². The van der Waals surface area contributed by atoms with E-state index in [1.807, 2.05) is 77.1 Å². The number of nitrogens with zero attached hydrogens (tertiary/aromatic N) is 1. The van der Waals surface area contributed by atoms with Gasteiger partial charge >= 0.3 is 0 Å². The molecule has 0 aliphatic heterocycles. The Morgan fingerprint density at radius 1 is 0.976 bits per heavy atom. The van der Waals surface area contributed by atoms with Crippen molar-refractivity contribution < 1.29 is 14.7 Å². The van der Waals surface area contributed by atoms with Crippen molar-refractivity contribution in [2.24, 2.45) is 5.41 Å². The maximum absolute atomic E-state index is 13.3. The fourth-order valence-corrected chi connectivity index (χ4v) is 4.15. The highest BCUT2D eigenvalue weighted by molar-refractivity contribution is 6.36. The number of carbonyl (C=O) groups excluding carboxylic acids is 2. The van der Waals surface area contributed by atoms with Crippen molar-refractivity contribution in [1.82, 2.24) is 4.90 Å². The molecule has 2 aromatic rings. The largest absolute Gasteiger partial charge is 0.390 e. The lowest BCUT2D eigenvalue weighted by Gasteiger charge is -2.37. The molecule has 2 amide bonds. The topological polar surface area (TPSA) is 81.7 Å². The normalized spacial score (nSPS) is 12.0. The Morgan fingerprint density at radius 3 is 2.10 bits per heavy atom. The predicted octanol–water partition coefficient (Wildman–Crippen LogP) is 8.11. The van der Waals surface area contributed by atoms with Gasteiger partial charge in [-0.1, -0.05) is 96.0 Å². The van der Waals surface area contributed by atoms with Crippen LogP contribution in [0.1, 0.15) is 73.8 Å². The van der Waals surface area contributed by atoms with Gasteiger partial charge in [0.2, 0.25) is 0 Å². The molecule has 0 unspecified atom stereocenters. The van der Waals surface area contributed by atoms with Crippen molar-refractivity contribution in [3.05, 3.63) is 70.8 Å². The van der Waals surface area contributed by atoms with Crippen LogP contribution in [0.15, 0.2) is 60.2 Å². The van der Waals surface area contributed by atoms with Gasteiger partial charge in [-0.15, -0.1) is 0 Å². The number of aliphatic hydroxyl groups is 1. The van der Waals surface area contributed by atoms with Crippen LogP contribution in [-0.4, -0.2) is 48.1 Å². The van der Waals surface area contributed by atoms with E-state index in [1.165, 1.54) is 4.90 Å². The van der Waals surface area contributed by atoms with Crippen molar-refractivity contribution in [1.29, 1.82) is 0 Å². The lowest BCUT2D eigenvalue weighted by molar-refractivity contribution is -0.127. The molecule has 2 rings (SSSR count). The smallest absolute Gasteiger partial charge is 0.261 e. The Labute approximate surface area is 252 Å². The van der Waals surface area contributed by atoms with Crippen LogP contribution in [0.4, 0.5) is 11.4 Å². The number of halogens is 1. The molecule has 0 radical (unpaired) electrons. The highest BCUT2D eigenvalue weighted by atomic mass is 35.5. The van der Waals surface area contributed by atoms with Crippen molar-refractivity contribution in [3.8, 4) is 11.1 Å². The van der Waals surface area contributed by atoms with E-state index in [2.05, 4.69) is 17.6 Å². The second-order valence-corrected chi connectivity index (χ2v) is 11.5. The summed E-state index contributed by atoms with van der Waals surface area (Å²) in [5, 5.41) is 17.5. The number of allylic oxidation sites excluding steroid dienone is 3. The summed E-state index contributed by atoms with van der Waals surface area (Å²) in [5.41, 5.74) is 2.92. The molecule has 0 saturated carbocycles. The van der Waals surface area contributed by atoms with E-state index >= 15 is 0 Å². The van der Waals surface area contributed by atoms with Crippen LogP contribution < -0.4 is 10.6 Å². The summed E-state index contributed by atoms with van der Waals surface area (Å²) >= 11 is 6.94. The molecule has 0 aliphatic rings. The van der Waals surface area contributed by atoms with Crippen LogP contribution in [-0.2, 0) is 16.0 Å². The third-order valence-electron chi connectivity index (χ3n) is 7.11. The number of benzene rings is 2. The number of amides is 2. The Morgan fingerprint density at radius 2 is 1.56 bits per heavy atom. The van der Waals surface area contributed by atoms with Gasteiger partial charge in [-0.2, -0.15) is 0 Å². The van der Waals surface area contributed by atoms with Gasteiger partial charge in [0.15, 0.2) is 0 Å². The Bertz CT molecular complexity index is 1220. The van der Waals surface area contributed by atoms with Crippen molar-refractivity contribution in [2.75, 3.05) is 31.3 Å². The number of rotatable bonds is 12. The number of hydrogen-bond donors (Lipinski definition) is 3. The molecule has 2 aromatic carbocycles. The van der Waals surface area contributed by atoms with Gasteiger partial charge in [-0.3, -0.25) is 9.59 Å². The summed E-state index contributed by atoms with van der Waals surface area (Å²) in [6.45, 7) is 16.2. The Hall–Kier alpha value is -3.09. The van der Waals surface area contributed by atoms with Crippen molar-refractivity contribution in [3.63, 3.8) is 0 Å². The van der Waals surface area contributed by atoms with E-state index in [0.29, 0.717) is 23.7 Å². The van der Waals surface area contributed by atoms with Gasteiger partial charge < -0.3 is 20.6 Å². The summed E-state index contributed by atoms with van der Waals surface area (Å²) in [6.07, 6.45) is 7.55. The summed E-state index contributed by atoms with van der Waals surface area (Å²) in [7, 11) is 3.25. The number of nitrogens with one attached hydrogen (secondary N) is 2. The number of hydrogen-bond acceptors (Lipinski definition) is 4. The van der Waals surface area contributed by atoms with Crippen LogP contribution in [0.25, 0.3) is 11.1 Å². The Kier molecular flexibility index (Phi) is 14.4. The molecule has 41 heavy (non-hydrogen) atoms. The zero-order valence-corrected chi connectivity index (χ0v) is 27.4. The standard InChI is InChI=1S/C32H44ClN3O3.C2H6/c1-9-11-12-16-25(30(38)36(7)8)29(37)35-26-19-13-17-22(23(26)15-10-2)24-18-14-20-27(28(24)33)34-21-31(3,4)32(5,6)39;1-2/h11-14,16-20,34,39H,9-10,15,21H2,1-8H3,(H,35,37);1-2H3/b12-11+,25-16-;. The van der Waals surface area contributed by atoms with Gasteiger partial charge in [-0.25, -0.2) is 0 Å². The van der Waals surface area contributed by atoms with Gasteiger partial charge in [0.1, 0.15) is 5.57 Å². The van der Waals surface area contributed by atoms with Crippen LogP contribution in [0.5, 0.6) is 0 Å². The quantitative estimate of drug-likeness (QED) is 0.102. The fraction of sp³-hybridized carbons (Fsp3) is 0.471. The second-order valence-electron chi connectivity index (χ2n) is 11.1. The van der Waals surface area contributed by atoms with Crippen LogP contribution in [0.3, 0.4) is 0 Å². The molecule has 0 heterocycles. The molecule has 0 fully saturated rings. The highest BCUT2D eigenvalue weighted by Gasteiger charge is 2.35. The molecule has 0 aromatic heterocycles. The lowest BCUT2D eigenvalue weighted by atomic mass is 9.77. The molecule has 6 nitrogen and oxygen atoms in total. The molecule has 0 bridgehead atoms. The molecular formula is C34H50ClN3O3. The van der Waals surface area contributed by atoms with E-state index < -0.39 is 16.9 Å². The minimum atomic E-state index is -0.876. The average Bonchev–Trinajstić information content (AvgIpc) is 2.91. The molecule has 0 spiro atoms. The average molecular weight is 584 g/mol. The first-order valence-corrected chi connectivity index (χ1v) is 14.9. The minimum absolute atomic E-state index is 0.0659. The summed E-state index contributed by atoms with van der Waals surface area (Å²) in [6, 6.07) is 11.6. The predicted molar refractivity (Wildman–Crippen MR) is 176 cm³/mol. The summed E-state index contributed by atoms with van der Waals surface area (Å²) < 4.78 is 0. The first kappa shape index (κ1) is 35.9. The SMILES string of the molecule is CC.CC/C=C/C=C(/C(=O)Nc1cccc(-c2cccc(NCC(C)(C)C(C)(C)O)c2Cl)c1CCC)C(=O)N(C)C. The summed E-state index contributed by atoms with van der Waals surface area (Å²) in [5.74, 6) is -0.823. The third kappa shape index (κ3) is 9.75. The van der Waals surface area contributed by atoms with Crippen molar-refractivity contribution in [2.45, 2.75) is 80.3 Å². The molecule has 0 atom stereocenters. The molecule has 3 N–H and O–H groups in total. The first-order valence-electron chi connectivity index (χ1n) is 14.5. The third-order valence-corrected chi connectivity index (χ3v) is 7.51. The fourth-order valence-electron chi connectivity index (χ4n) is 3.86. The lowest BCUT2D eigenvalue weighted by Crippen LogP contribution is -2.43. The van der Waals surface area contributed by atoms with E-state index in [9.17, 15) is 14.7 Å². The molecular weight excluding hydrogens is 534 g/mol. The number of carbonyl (C=O) groups is 2. The number of anilines is 2. The highest BCUT2D eigenvalue weighted by Crippen LogP contribution is 2.39. The zero-order chi connectivity index (χ0) is 31.4. The van der Waals surface area contributed by atoms with E-state index in [0.717, 1.165) is 35.2 Å². The molecule has 0 aliphatic carbocycles. The molecule has 7 heteroatoms. The second kappa shape index (κ2) is 16.4. The maximum Gasteiger partial charge on any atom is 0.261 e. The van der Waals surface area contributed by atoms with E-state index in [4.69, 9.17) is 11.6 Å². The van der Waals surface area contributed by atoms with E-state index in [1.54, 1.807) is 40.1 Å².